The lowest BCUT2D eigenvalue weighted by molar-refractivity contribution is 0.110. The molecule has 2 fully saturated rings. The fourth-order valence-electron chi connectivity index (χ4n) is 3.84. The predicted octanol–water partition coefficient (Wildman–Crippen LogP) is 3.51. The number of hydrogen-bond acceptors (Lipinski definition) is 2. The van der Waals surface area contributed by atoms with Crippen LogP contribution in [0.25, 0.3) is 0 Å². The van der Waals surface area contributed by atoms with E-state index < -0.39 is 0 Å². The van der Waals surface area contributed by atoms with Gasteiger partial charge in [-0.05, 0) is 62.3 Å². The van der Waals surface area contributed by atoms with Gasteiger partial charge < -0.3 is 10.6 Å². The second-order valence-corrected chi connectivity index (χ2v) is 7.79. The number of hydrogen-bond donors (Lipinski definition) is 1. The van der Waals surface area contributed by atoms with Crippen molar-refractivity contribution in [2.45, 2.75) is 71.9 Å². The summed E-state index contributed by atoms with van der Waals surface area (Å²) < 4.78 is 0. The second kappa shape index (κ2) is 6.58. The number of rotatable bonds is 6. The van der Waals surface area contributed by atoms with Gasteiger partial charge in [-0.3, -0.25) is 0 Å². The first kappa shape index (κ1) is 15.3. The highest BCUT2D eigenvalue weighted by Crippen LogP contribution is 2.36. The predicted molar refractivity (Wildman–Crippen MR) is 83.1 cm³/mol. The minimum absolute atomic E-state index is 0.430. The van der Waals surface area contributed by atoms with E-state index in [0.29, 0.717) is 6.04 Å². The molecule has 2 heteroatoms. The molecule has 2 nitrogen and oxygen atoms in total. The highest BCUT2D eigenvalue weighted by molar-refractivity contribution is 4.91. The van der Waals surface area contributed by atoms with Crippen LogP contribution < -0.4 is 5.73 Å². The lowest BCUT2D eigenvalue weighted by atomic mass is 9.72. The van der Waals surface area contributed by atoms with Crippen molar-refractivity contribution in [1.29, 1.82) is 0 Å². The Kier molecular flexibility index (Phi) is 5.30. The average Bonchev–Trinajstić information content (AvgIpc) is 3.10. The van der Waals surface area contributed by atoms with Crippen molar-refractivity contribution in [3.05, 3.63) is 0 Å². The van der Waals surface area contributed by atoms with Crippen LogP contribution in [0.2, 0.25) is 0 Å². The molecule has 0 radical (unpaired) electrons. The van der Waals surface area contributed by atoms with Crippen LogP contribution in [-0.4, -0.2) is 30.1 Å². The van der Waals surface area contributed by atoms with Crippen LogP contribution >= 0.6 is 0 Å². The SMILES string of the molecule is CC(C)CCN(CC1C(C)CC(C)CC1N)C1CC1. The number of nitrogens with two attached hydrogens (primary N) is 1. The Balaban J connectivity index is 1.88. The van der Waals surface area contributed by atoms with E-state index in [9.17, 15) is 0 Å². The molecule has 0 aromatic carbocycles. The minimum atomic E-state index is 0.430. The van der Waals surface area contributed by atoms with Crippen LogP contribution in [0, 0.1) is 23.7 Å². The van der Waals surface area contributed by atoms with Gasteiger partial charge in [0, 0.05) is 18.6 Å². The van der Waals surface area contributed by atoms with E-state index in [0.717, 1.165) is 29.7 Å². The molecule has 0 spiro atoms. The Bertz CT molecular complexity index is 260. The minimum Gasteiger partial charge on any atom is -0.327 e. The third-order valence-corrected chi connectivity index (χ3v) is 5.23. The van der Waals surface area contributed by atoms with Crippen molar-refractivity contribution < 1.29 is 0 Å². The summed E-state index contributed by atoms with van der Waals surface area (Å²) >= 11 is 0. The van der Waals surface area contributed by atoms with Crippen molar-refractivity contribution in [2.24, 2.45) is 29.4 Å². The summed E-state index contributed by atoms with van der Waals surface area (Å²) in [5.41, 5.74) is 6.46. The molecule has 4 unspecified atom stereocenters. The highest BCUT2D eigenvalue weighted by atomic mass is 15.2. The van der Waals surface area contributed by atoms with Gasteiger partial charge in [-0.1, -0.05) is 27.7 Å². The van der Waals surface area contributed by atoms with Crippen LogP contribution in [0.15, 0.2) is 0 Å². The van der Waals surface area contributed by atoms with Gasteiger partial charge in [0.15, 0.2) is 0 Å². The Hall–Kier alpha value is -0.0800. The quantitative estimate of drug-likeness (QED) is 0.797. The Labute approximate surface area is 120 Å². The second-order valence-electron chi connectivity index (χ2n) is 7.79. The third-order valence-electron chi connectivity index (χ3n) is 5.23. The van der Waals surface area contributed by atoms with E-state index in [4.69, 9.17) is 5.73 Å². The van der Waals surface area contributed by atoms with Gasteiger partial charge in [0.2, 0.25) is 0 Å². The molecule has 0 heterocycles. The molecule has 0 amide bonds. The van der Waals surface area contributed by atoms with Gasteiger partial charge >= 0.3 is 0 Å². The maximum Gasteiger partial charge on any atom is 0.00965 e. The van der Waals surface area contributed by atoms with Crippen molar-refractivity contribution in [1.82, 2.24) is 4.90 Å². The van der Waals surface area contributed by atoms with Gasteiger partial charge in [0.1, 0.15) is 0 Å². The molecular weight excluding hydrogens is 232 g/mol. The molecule has 19 heavy (non-hydrogen) atoms. The van der Waals surface area contributed by atoms with Gasteiger partial charge in [0.25, 0.3) is 0 Å². The Morgan fingerprint density at radius 2 is 1.84 bits per heavy atom. The molecule has 2 aliphatic rings. The van der Waals surface area contributed by atoms with Gasteiger partial charge in [-0.2, -0.15) is 0 Å². The molecule has 0 bridgehead atoms. The fraction of sp³-hybridized carbons (Fsp3) is 1.00. The average molecular weight is 266 g/mol. The summed E-state index contributed by atoms with van der Waals surface area (Å²) in [6, 6.07) is 1.32. The maximum absolute atomic E-state index is 6.46. The van der Waals surface area contributed by atoms with E-state index in [1.807, 2.05) is 0 Å². The number of nitrogens with zero attached hydrogens (tertiary/aromatic N) is 1. The lowest BCUT2D eigenvalue weighted by Crippen LogP contribution is -2.47. The topological polar surface area (TPSA) is 29.3 Å². The van der Waals surface area contributed by atoms with Gasteiger partial charge in [-0.15, -0.1) is 0 Å². The zero-order chi connectivity index (χ0) is 14.0. The molecule has 2 aliphatic carbocycles. The summed E-state index contributed by atoms with van der Waals surface area (Å²) in [7, 11) is 0. The summed E-state index contributed by atoms with van der Waals surface area (Å²) in [5, 5.41) is 0. The van der Waals surface area contributed by atoms with Crippen molar-refractivity contribution in [3.63, 3.8) is 0 Å². The first-order valence-electron chi connectivity index (χ1n) is 8.47. The summed E-state index contributed by atoms with van der Waals surface area (Å²) in [6.07, 6.45) is 6.79. The van der Waals surface area contributed by atoms with E-state index in [1.54, 1.807) is 0 Å². The molecule has 2 rings (SSSR count). The molecular formula is C17H34N2. The van der Waals surface area contributed by atoms with Crippen LogP contribution in [0.1, 0.15) is 59.8 Å². The van der Waals surface area contributed by atoms with E-state index in [1.165, 1.54) is 45.2 Å². The molecule has 0 saturated heterocycles. The van der Waals surface area contributed by atoms with Crippen LogP contribution in [-0.2, 0) is 0 Å². The van der Waals surface area contributed by atoms with Gasteiger partial charge in [0.05, 0.1) is 0 Å². The zero-order valence-electron chi connectivity index (χ0n) is 13.4. The molecule has 2 saturated carbocycles. The van der Waals surface area contributed by atoms with E-state index >= 15 is 0 Å². The monoisotopic (exact) mass is 266 g/mol. The first-order chi connectivity index (χ1) is 8.97. The summed E-state index contributed by atoms with van der Waals surface area (Å²) in [6.45, 7) is 12.0. The molecule has 4 atom stereocenters. The smallest absolute Gasteiger partial charge is 0.00965 e. The molecule has 2 N–H and O–H groups in total. The van der Waals surface area contributed by atoms with Crippen LogP contribution in [0.3, 0.4) is 0 Å². The van der Waals surface area contributed by atoms with Crippen molar-refractivity contribution >= 4 is 0 Å². The van der Waals surface area contributed by atoms with Gasteiger partial charge in [-0.25, -0.2) is 0 Å². The normalized spacial score (nSPS) is 36.2. The fourth-order valence-corrected chi connectivity index (χ4v) is 3.84. The highest BCUT2D eigenvalue weighted by Gasteiger charge is 2.36. The van der Waals surface area contributed by atoms with Crippen LogP contribution in [0.5, 0.6) is 0 Å². The lowest BCUT2D eigenvalue weighted by Gasteiger charge is -2.40. The standard InChI is InChI=1S/C17H34N2/c1-12(2)7-8-19(15-5-6-15)11-16-14(4)9-13(3)10-17(16)18/h12-17H,5-11,18H2,1-4H3. The molecule has 0 aromatic rings. The van der Waals surface area contributed by atoms with Crippen LogP contribution in [0.4, 0.5) is 0 Å². The third kappa shape index (κ3) is 4.46. The molecule has 112 valence electrons. The van der Waals surface area contributed by atoms with E-state index in [2.05, 4.69) is 32.6 Å². The largest absolute Gasteiger partial charge is 0.327 e. The zero-order valence-corrected chi connectivity index (χ0v) is 13.4. The Morgan fingerprint density at radius 1 is 1.16 bits per heavy atom. The molecule has 0 aliphatic heterocycles. The van der Waals surface area contributed by atoms with Crippen molar-refractivity contribution in [3.8, 4) is 0 Å². The van der Waals surface area contributed by atoms with E-state index in [-0.39, 0.29) is 0 Å². The Morgan fingerprint density at radius 3 is 2.37 bits per heavy atom. The maximum atomic E-state index is 6.46. The summed E-state index contributed by atoms with van der Waals surface area (Å²) in [5.74, 6) is 3.17. The summed E-state index contributed by atoms with van der Waals surface area (Å²) in [4.78, 5) is 2.76. The molecule has 0 aromatic heterocycles. The first-order valence-corrected chi connectivity index (χ1v) is 8.47. The van der Waals surface area contributed by atoms with Crippen molar-refractivity contribution in [2.75, 3.05) is 13.1 Å².